The molecule has 3 heterocycles. The summed E-state index contributed by atoms with van der Waals surface area (Å²) in [6.07, 6.45) is 5.79. The minimum absolute atomic E-state index is 0.324. The maximum absolute atomic E-state index is 13.1. The van der Waals surface area contributed by atoms with Gasteiger partial charge < -0.3 is 14.0 Å². The largest absolute Gasteiger partial charge is 0.491 e. The summed E-state index contributed by atoms with van der Waals surface area (Å²) in [5.41, 5.74) is 4.65. The summed E-state index contributed by atoms with van der Waals surface area (Å²) in [5.74, 6) is 1.79. The number of ether oxygens (including phenoxy) is 2. The van der Waals surface area contributed by atoms with Crippen molar-refractivity contribution in [2.24, 2.45) is 0 Å². The van der Waals surface area contributed by atoms with Gasteiger partial charge in [0.2, 0.25) is 0 Å². The van der Waals surface area contributed by atoms with Crippen LogP contribution in [0.1, 0.15) is 48.6 Å². The summed E-state index contributed by atoms with van der Waals surface area (Å²) in [7, 11) is 1.37. The van der Waals surface area contributed by atoms with Crippen LogP contribution in [0.2, 0.25) is 0 Å². The number of carbonyl (C=O) groups excluding carboxylic acids is 1. The molecule has 0 saturated heterocycles. The number of unbranched alkanes of at least 4 members (excludes halogenated alkanes) is 1. The van der Waals surface area contributed by atoms with Crippen molar-refractivity contribution in [1.82, 2.24) is 40.1 Å². The smallest absolute Gasteiger partial charge is 0.357 e. The second kappa shape index (κ2) is 12.3. The lowest BCUT2D eigenvalue weighted by atomic mass is 9.98. The average Bonchev–Trinajstić information content (AvgIpc) is 3.66. The molecular formula is C29H30N8O3. The molecule has 0 aliphatic carbocycles. The second-order valence-corrected chi connectivity index (χ2v) is 9.07. The topological polar surface area (TPSA) is 134 Å². The third-order valence-electron chi connectivity index (χ3n) is 6.46. The molecule has 0 spiro atoms. The van der Waals surface area contributed by atoms with Crippen molar-refractivity contribution < 1.29 is 14.3 Å². The number of hydrogen-bond acceptors (Lipinski definition) is 9. The summed E-state index contributed by atoms with van der Waals surface area (Å²) in [4.78, 5) is 26.8. The van der Waals surface area contributed by atoms with Crippen molar-refractivity contribution >= 4 is 5.97 Å². The third kappa shape index (κ3) is 5.58. The molecular weight excluding hydrogens is 508 g/mol. The van der Waals surface area contributed by atoms with E-state index in [2.05, 4.69) is 49.6 Å². The normalized spacial score (nSPS) is 11.0. The highest BCUT2D eigenvalue weighted by Gasteiger charge is 2.26. The van der Waals surface area contributed by atoms with Crippen molar-refractivity contribution in [2.75, 3.05) is 13.7 Å². The highest BCUT2D eigenvalue weighted by Crippen LogP contribution is 2.30. The molecule has 11 heteroatoms. The molecule has 0 bridgehead atoms. The van der Waals surface area contributed by atoms with E-state index in [1.54, 1.807) is 12.4 Å². The fourth-order valence-corrected chi connectivity index (χ4v) is 4.52. The van der Waals surface area contributed by atoms with Gasteiger partial charge in [0.1, 0.15) is 11.5 Å². The molecule has 1 N–H and O–H groups in total. The molecule has 0 radical (unpaired) electrons. The van der Waals surface area contributed by atoms with E-state index in [9.17, 15) is 4.79 Å². The van der Waals surface area contributed by atoms with Gasteiger partial charge in [-0.3, -0.25) is 0 Å². The molecule has 0 fully saturated rings. The molecule has 0 saturated carbocycles. The van der Waals surface area contributed by atoms with Crippen molar-refractivity contribution in [3.8, 4) is 39.8 Å². The summed E-state index contributed by atoms with van der Waals surface area (Å²) >= 11 is 0. The van der Waals surface area contributed by atoms with E-state index in [0.29, 0.717) is 48.4 Å². The first kappa shape index (κ1) is 26.7. The summed E-state index contributed by atoms with van der Waals surface area (Å²) in [6.45, 7) is 4.95. The quantitative estimate of drug-likeness (QED) is 0.236. The number of rotatable bonds is 11. The number of tetrazole rings is 1. The Balaban J connectivity index is 1.51. The maximum atomic E-state index is 13.1. The summed E-state index contributed by atoms with van der Waals surface area (Å²) in [6, 6.07) is 16.1. The summed E-state index contributed by atoms with van der Waals surface area (Å²) in [5, 5.41) is 14.3. The van der Waals surface area contributed by atoms with Gasteiger partial charge in [0.15, 0.2) is 23.1 Å². The molecule has 0 aliphatic heterocycles. The van der Waals surface area contributed by atoms with Gasteiger partial charge in [0.05, 0.1) is 26.1 Å². The van der Waals surface area contributed by atoms with Crippen LogP contribution < -0.4 is 4.74 Å². The Morgan fingerprint density at radius 2 is 1.75 bits per heavy atom. The van der Waals surface area contributed by atoms with Crippen LogP contribution in [0.25, 0.3) is 34.0 Å². The van der Waals surface area contributed by atoms with Crippen LogP contribution in [0.15, 0.2) is 60.9 Å². The first-order valence-corrected chi connectivity index (χ1v) is 13.2. The molecule has 0 unspecified atom stereocenters. The van der Waals surface area contributed by atoms with Crippen LogP contribution in [-0.2, 0) is 17.7 Å². The fourth-order valence-electron chi connectivity index (χ4n) is 4.52. The van der Waals surface area contributed by atoms with Crippen molar-refractivity contribution in [3.63, 3.8) is 0 Å². The number of aryl methyl sites for hydroxylation is 1. The van der Waals surface area contributed by atoms with E-state index in [0.717, 1.165) is 40.9 Å². The fraction of sp³-hybridized carbons (Fsp3) is 0.276. The van der Waals surface area contributed by atoms with Crippen LogP contribution >= 0.6 is 0 Å². The molecule has 2 aromatic carbocycles. The Bertz CT molecular complexity index is 1560. The molecule has 0 aliphatic rings. The minimum atomic E-state index is -0.492. The highest BCUT2D eigenvalue weighted by atomic mass is 16.5. The molecule has 5 aromatic rings. The summed E-state index contributed by atoms with van der Waals surface area (Å²) < 4.78 is 12.6. The minimum Gasteiger partial charge on any atom is -0.491 e. The van der Waals surface area contributed by atoms with Crippen LogP contribution in [-0.4, -0.2) is 59.8 Å². The zero-order valence-corrected chi connectivity index (χ0v) is 22.7. The van der Waals surface area contributed by atoms with Crippen LogP contribution in [0, 0.1) is 0 Å². The van der Waals surface area contributed by atoms with E-state index in [1.165, 1.54) is 7.11 Å². The Hall–Kier alpha value is -4.93. The van der Waals surface area contributed by atoms with E-state index in [-0.39, 0.29) is 0 Å². The van der Waals surface area contributed by atoms with E-state index >= 15 is 0 Å². The van der Waals surface area contributed by atoms with Gasteiger partial charge in [-0.2, -0.15) is 0 Å². The predicted molar refractivity (Wildman–Crippen MR) is 149 cm³/mol. The lowest BCUT2D eigenvalue weighted by Crippen LogP contribution is -2.15. The average molecular weight is 539 g/mol. The Morgan fingerprint density at radius 1 is 1.00 bits per heavy atom. The van der Waals surface area contributed by atoms with Crippen LogP contribution in [0.4, 0.5) is 0 Å². The zero-order chi connectivity index (χ0) is 27.9. The van der Waals surface area contributed by atoms with Crippen LogP contribution in [0.3, 0.4) is 0 Å². The van der Waals surface area contributed by atoms with E-state index in [4.69, 9.17) is 14.5 Å². The van der Waals surface area contributed by atoms with Gasteiger partial charge in [0, 0.05) is 18.5 Å². The molecule has 3 aromatic heterocycles. The number of methoxy groups -OCH3 is 1. The van der Waals surface area contributed by atoms with Crippen molar-refractivity contribution in [3.05, 3.63) is 78.0 Å². The standard InChI is InChI=1S/C29H30N8O3/c1-4-6-11-24-32-25(28-30-16-21(17-31-28)40-5-2)26(29(38)39-3)37(24)18-19-12-14-20(15-13-19)22-9-7-8-10-23(22)27-33-35-36-34-27/h7-10,12-17H,4-6,11,18H2,1-3H3,(H,33,34,35,36). The number of hydrogen-bond donors (Lipinski definition) is 1. The number of carbonyl (C=O) groups is 1. The van der Waals surface area contributed by atoms with Gasteiger partial charge in [-0.25, -0.2) is 24.8 Å². The molecule has 204 valence electrons. The lowest BCUT2D eigenvalue weighted by molar-refractivity contribution is 0.0589. The zero-order valence-electron chi connectivity index (χ0n) is 22.7. The number of aromatic nitrogens is 8. The number of nitrogens with one attached hydrogen (secondary N) is 1. The number of aromatic amines is 1. The Labute approximate surface area is 231 Å². The van der Waals surface area contributed by atoms with Gasteiger partial charge >= 0.3 is 5.97 Å². The Morgan fingerprint density at radius 3 is 2.40 bits per heavy atom. The number of esters is 1. The predicted octanol–water partition coefficient (Wildman–Crippen LogP) is 4.76. The van der Waals surface area contributed by atoms with Gasteiger partial charge in [-0.05, 0) is 40.5 Å². The first-order valence-electron chi connectivity index (χ1n) is 13.2. The Kier molecular flexibility index (Phi) is 8.19. The first-order chi connectivity index (χ1) is 19.6. The van der Waals surface area contributed by atoms with Crippen molar-refractivity contribution in [1.29, 1.82) is 0 Å². The van der Waals surface area contributed by atoms with E-state index < -0.39 is 5.97 Å². The number of H-pyrrole nitrogens is 1. The number of nitrogens with zero attached hydrogens (tertiary/aromatic N) is 7. The molecule has 11 nitrogen and oxygen atoms in total. The highest BCUT2D eigenvalue weighted by molar-refractivity contribution is 5.94. The van der Waals surface area contributed by atoms with Crippen LogP contribution in [0.5, 0.6) is 5.75 Å². The number of imidazole rings is 1. The van der Waals surface area contributed by atoms with Gasteiger partial charge in [0.25, 0.3) is 0 Å². The monoisotopic (exact) mass is 538 g/mol. The lowest BCUT2D eigenvalue weighted by Gasteiger charge is -2.13. The molecule has 0 atom stereocenters. The third-order valence-corrected chi connectivity index (χ3v) is 6.46. The SMILES string of the molecule is CCCCc1nc(-c2ncc(OCC)cn2)c(C(=O)OC)n1Cc1ccc(-c2ccccc2-c2nnn[nH]2)cc1. The second-order valence-electron chi connectivity index (χ2n) is 9.07. The van der Waals surface area contributed by atoms with Crippen molar-refractivity contribution in [2.45, 2.75) is 39.7 Å². The molecule has 0 amide bonds. The maximum Gasteiger partial charge on any atom is 0.357 e. The van der Waals surface area contributed by atoms with Gasteiger partial charge in [-0.1, -0.05) is 61.9 Å². The molecule has 40 heavy (non-hydrogen) atoms. The molecule has 5 rings (SSSR count). The van der Waals surface area contributed by atoms with E-state index in [1.807, 2.05) is 47.9 Å². The van der Waals surface area contributed by atoms with Gasteiger partial charge in [-0.15, -0.1) is 5.10 Å². The number of benzene rings is 2.